The standard InChI is InChI=1S/C14H19N3O2/c1-14(2)6-12(18)17(13(19)7-14)9-10-4-5-11(15-3)16-8-10/h4-5,8H,6-7,9H2,1-3H3,(H,15,16). The molecule has 1 N–H and O–H groups in total. The maximum Gasteiger partial charge on any atom is 0.230 e. The Kier molecular flexibility index (Phi) is 3.55. The molecule has 0 bridgehead atoms. The fourth-order valence-corrected chi connectivity index (χ4v) is 2.24. The first-order valence-electron chi connectivity index (χ1n) is 6.37. The Balaban J connectivity index is 2.09. The quantitative estimate of drug-likeness (QED) is 0.843. The van der Waals surface area contributed by atoms with Gasteiger partial charge in [0, 0.05) is 26.1 Å². The summed E-state index contributed by atoms with van der Waals surface area (Å²) in [4.78, 5) is 29.6. The highest BCUT2D eigenvalue weighted by atomic mass is 16.2. The smallest absolute Gasteiger partial charge is 0.230 e. The zero-order valence-corrected chi connectivity index (χ0v) is 11.6. The third-order valence-corrected chi connectivity index (χ3v) is 3.28. The van der Waals surface area contributed by atoms with Crippen LogP contribution in [0, 0.1) is 5.41 Å². The highest BCUT2D eigenvalue weighted by Crippen LogP contribution is 2.32. The van der Waals surface area contributed by atoms with Crippen LogP contribution in [0.2, 0.25) is 0 Å². The van der Waals surface area contributed by atoms with Crippen molar-refractivity contribution in [2.24, 2.45) is 5.41 Å². The summed E-state index contributed by atoms with van der Waals surface area (Å²) in [6, 6.07) is 3.71. The van der Waals surface area contributed by atoms with Gasteiger partial charge in [-0.3, -0.25) is 14.5 Å². The lowest BCUT2D eigenvalue weighted by Gasteiger charge is -2.34. The van der Waals surface area contributed by atoms with Crippen LogP contribution in [0.3, 0.4) is 0 Å². The number of aromatic nitrogens is 1. The summed E-state index contributed by atoms with van der Waals surface area (Å²) in [6.45, 7) is 4.21. The largest absolute Gasteiger partial charge is 0.373 e. The molecule has 0 aromatic carbocycles. The fourth-order valence-electron chi connectivity index (χ4n) is 2.24. The molecule has 0 atom stereocenters. The molecule has 0 radical (unpaired) electrons. The molecule has 19 heavy (non-hydrogen) atoms. The van der Waals surface area contributed by atoms with E-state index in [9.17, 15) is 9.59 Å². The lowest BCUT2D eigenvalue weighted by Crippen LogP contribution is -2.45. The predicted molar refractivity (Wildman–Crippen MR) is 72.4 cm³/mol. The van der Waals surface area contributed by atoms with E-state index in [-0.39, 0.29) is 17.2 Å². The van der Waals surface area contributed by atoms with E-state index < -0.39 is 0 Å². The molecule has 5 nitrogen and oxygen atoms in total. The lowest BCUT2D eigenvalue weighted by molar-refractivity contribution is -0.153. The third-order valence-electron chi connectivity index (χ3n) is 3.28. The van der Waals surface area contributed by atoms with Crippen molar-refractivity contribution in [2.45, 2.75) is 33.2 Å². The summed E-state index contributed by atoms with van der Waals surface area (Å²) in [5.41, 5.74) is 0.638. The molecule has 0 unspecified atom stereocenters. The third kappa shape index (κ3) is 3.10. The van der Waals surface area contributed by atoms with Crippen LogP contribution in [0.4, 0.5) is 5.82 Å². The van der Waals surface area contributed by atoms with Crippen molar-refractivity contribution in [1.29, 1.82) is 0 Å². The van der Waals surface area contributed by atoms with Gasteiger partial charge in [-0.15, -0.1) is 0 Å². The average Bonchev–Trinajstić information content (AvgIpc) is 2.33. The predicted octanol–water partition coefficient (Wildman–Crippen LogP) is 1.80. The molecule has 2 heterocycles. The van der Waals surface area contributed by atoms with Crippen LogP contribution < -0.4 is 5.32 Å². The van der Waals surface area contributed by atoms with Crippen LogP contribution in [0.15, 0.2) is 18.3 Å². The summed E-state index contributed by atoms with van der Waals surface area (Å²) >= 11 is 0. The first kappa shape index (κ1) is 13.5. The summed E-state index contributed by atoms with van der Waals surface area (Å²) < 4.78 is 0. The Bertz CT molecular complexity index is 474. The topological polar surface area (TPSA) is 62.3 Å². The minimum Gasteiger partial charge on any atom is -0.373 e. The minimum absolute atomic E-state index is 0.0982. The Morgan fingerprint density at radius 3 is 2.37 bits per heavy atom. The second-order valence-corrected chi connectivity index (χ2v) is 5.69. The molecule has 102 valence electrons. The van der Waals surface area contributed by atoms with Crippen molar-refractivity contribution in [3.63, 3.8) is 0 Å². The van der Waals surface area contributed by atoms with E-state index in [1.165, 1.54) is 4.90 Å². The number of anilines is 1. The molecule has 0 saturated carbocycles. The van der Waals surface area contributed by atoms with Gasteiger partial charge in [-0.25, -0.2) is 4.98 Å². The number of nitrogens with zero attached hydrogens (tertiary/aromatic N) is 2. The number of carbonyl (C=O) groups is 2. The molecule has 1 fully saturated rings. The molecule has 2 rings (SSSR count). The van der Waals surface area contributed by atoms with Crippen LogP contribution in [-0.4, -0.2) is 28.7 Å². The van der Waals surface area contributed by atoms with Gasteiger partial charge >= 0.3 is 0 Å². The first-order chi connectivity index (χ1) is 8.91. The van der Waals surface area contributed by atoms with Crippen molar-refractivity contribution < 1.29 is 9.59 Å². The van der Waals surface area contributed by atoms with Crippen molar-refractivity contribution in [3.05, 3.63) is 23.9 Å². The van der Waals surface area contributed by atoms with Crippen LogP contribution in [-0.2, 0) is 16.1 Å². The molecule has 1 saturated heterocycles. The van der Waals surface area contributed by atoms with E-state index in [1.54, 1.807) is 13.2 Å². The Hall–Kier alpha value is -1.91. The van der Waals surface area contributed by atoms with Gasteiger partial charge < -0.3 is 5.32 Å². The molecule has 0 aliphatic carbocycles. The number of rotatable bonds is 3. The highest BCUT2D eigenvalue weighted by Gasteiger charge is 2.37. The van der Waals surface area contributed by atoms with E-state index in [0.717, 1.165) is 11.4 Å². The summed E-state index contributed by atoms with van der Waals surface area (Å²) in [5.74, 6) is 0.569. The van der Waals surface area contributed by atoms with E-state index in [0.29, 0.717) is 19.4 Å². The summed E-state index contributed by atoms with van der Waals surface area (Å²) in [5, 5.41) is 2.93. The molecule has 1 aliphatic heterocycles. The number of piperidine rings is 1. The fraction of sp³-hybridized carbons (Fsp3) is 0.500. The minimum atomic E-state index is -0.223. The summed E-state index contributed by atoms with van der Waals surface area (Å²) in [6.07, 6.45) is 2.52. The first-order valence-corrected chi connectivity index (χ1v) is 6.37. The Morgan fingerprint density at radius 1 is 1.26 bits per heavy atom. The van der Waals surface area contributed by atoms with Crippen molar-refractivity contribution >= 4 is 17.6 Å². The van der Waals surface area contributed by atoms with E-state index in [1.807, 2.05) is 26.0 Å². The number of pyridine rings is 1. The van der Waals surface area contributed by atoms with Crippen LogP contribution in [0.5, 0.6) is 0 Å². The second kappa shape index (κ2) is 4.99. The van der Waals surface area contributed by atoms with E-state index in [2.05, 4.69) is 10.3 Å². The number of hydrogen-bond acceptors (Lipinski definition) is 4. The van der Waals surface area contributed by atoms with Gasteiger partial charge in [0.05, 0.1) is 6.54 Å². The van der Waals surface area contributed by atoms with Crippen molar-refractivity contribution in [2.75, 3.05) is 12.4 Å². The highest BCUT2D eigenvalue weighted by molar-refractivity contribution is 5.98. The lowest BCUT2D eigenvalue weighted by atomic mass is 9.81. The Labute approximate surface area is 113 Å². The second-order valence-electron chi connectivity index (χ2n) is 5.69. The monoisotopic (exact) mass is 261 g/mol. The normalized spacial score (nSPS) is 18.6. The molecule has 0 spiro atoms. The van der Waals surface area contributed by atoms with Gasteiger partial charge in [0.1, 0.15) is 5.82 Å². The summed E-state index contributed by atoms with van der Waals surface area (Å²) in [7, 11) is 1.79. The van der Waals surface area contributed by atoms with Crippen LogP contribution in [0.1, 0.15) is 32.3 Å². The van der Waals surface area contributed by atoms with Gasteiger partial charge in [0.2, 0.25) is 11.8 Å². The maximum atomic E-state index is 12.0. The number of carbonyl (C=O) groups excluding carboxylic acids is 2. The zero-order chi connectivity index (χ0) is 14.0. The van der Waals surface area contributed by atoms with Gasteiger partial charge in [-0.05, 0) is 17.0 Å². The zero-order valence-electron chi connectivity index (χ0n) is 11.6. The molecular formula is C14H19N3O2. The molecular weight excluding hydrogens is 242 g/mol. The average molecular weight is 261 g/mol. The SMILES string of the molecule is CNc1ccc(CN2C(=O)CC(C)(C)CC2=O)cn1. The number of amides is 2. The van der Waals surface area contributed by atoms with E-state index in [4.69, 9.17) is 0 Å². The molecule has 5 heteroatoms. The number of hydrogen-bond donors (Lipinski definition) is 1. The number of nitrogens with one attached hydrogen (secondary N) is 1. The maximum absolute atomic E-state index is 12.0. The van der Waals surface area contributed by atoms with E-state index >= 15 is 0 Å². The van der Waals surface area contributed by atoms with Crippen LogP contribution >= 0.6 is 0 Å². The van der Waals surface area contributed by atoms with Gasteiger partial charge in [-0.2, -0.15) is 0 Å². The number of likely N-dealkylation sites (tertiary alicyclic amines) is 1. The number of imide groups is 1. The molecule has 1 aliphatic rings. The Morgan fingerprint density at radius 2 is 1.89 bits per heavy atom. The van der Waals surface area contributed by atoms with Crippen LogP contribution in [0.25, 0.3) is 0 Å². The van der Waals surface area contributed by atoms with Crippen molar-refractivity contribution in [3.8, 4) is 0 Å². The van der Waals surface area contributed by atoms with Crippen molar-refractivity contribution in [1.82, 2.24) is 9.88 Å². The van der Waals surface area contributed by atoms with Gasteiger partial charge in [0.25, 0.3) is 0 Å². The van der Waals surface area contributed by atoms with Gasteiger partial charge in [-0.1, -0.05) is 19.9 Å². The molecule has 1 aromatic rings. The molecule has 1 aromatic heterocycles. The van der Waals surface area contributed by atoms with Gasteiger partial charge in [0.15, 0.2) is 0 Å². The molecule has 2 amide bonds.